The van der Waals surface area contributed by atoms with Gasteiger partial charge in [0.25, 0.3) is 5.91 Å². The molecule has 6 N–H and O–H groups in total. The van der Waals surface area contributed by atoms with Gasteiger partial charge in [0.2, 0.25) is 11.8 Å². The van der Waals surface area contributed by atoms with E-state index in [9.17, 15) is 14.4 Å². The first-order valence-electron chi connectivity index (χ1n) is 10.6. The number of hydrogen-bond donors (Lipinski definition) is 5. The number of carbonyl (C=O) groups excluding carboxylic acids is 3. The number of rotatable bonds is 9. The predicted molar refractivity (Wildman–Crippen MR) is 111 cm³/mol. The van der Waals surface area contributed by atoms with Crippen molar-refractivity contribution in [3.63, 3.8) is 0 Å². The van der Waals surface area contributed by atoms with Crippen LogP contribution in [0.1, 0.15) is 42.7 Å². The normalized spacial score (nSPS) is 20.6. The fourth-order valence-corrected chi connectivity index (χ4v) is 3.93. The van der Waals surface area contributed by atoms with Gasteiger partial charge >= 0.3 is 0 Å². The Kier molecular flexibility index (Phi) is 5.98. The van der Waals surface area contributed by atoms with Crippen LogP contribution >= 0.6 is 0 Å². The number of aromatic amines is 1. The highest BCUT2D eigenvalue weighted by Gasteiger charge is 2.33. The zero-order chi connectivity index (χ0) is 21.1. The molecule has 9 heteroatoms. The van der Waals surface area contributed by atoms with Gasteiger partial charge in [-0.15, -0.1) is 0 Å². The van der Waals surface area contributed by atoms with Crippen molar-refractivity contribution in [1.82, 2.24) is 25.9 Å². The number of nitrogens with zero attached hydrogens (tertiary/aromatic N) is 1. The van der Waals surface area contributed by atoms with Gasteiger partial charge in [0, 0.05) is 25.0 Å². The highest BCUT2D eigenvalue weighted by Crippen LogP contribution is 2.33. The summed E-state index contributed by atoms with van der Waals surface area (Å²) in [4.78, 5) is 44.9. The topological polar surface area (TPSA) is 142 Å². The number of amides is 3. The number of nitrogens with two attached hydrogens (primary N) is 1. The molecule has 2 aromatic rings. The summed E-state index contributed by atoms with van der Waals surface area (Å²) < 4.78 is 0. The Bertz CT molecular complexity index is 905. The number of hydrogen-bond acceptors (Lipinski definition) is 5. The van der Waals surface area contributed by atoms with Gasteiger partial charge in [-0.05, 0) is 37.3 Å². The first kappa shape index (κ1) is 20.3. The number of benzene rings is 1. The molecule has 1 aliphatic carbocycles. The van der Waals surface area contributed by atoms with Crippen LogP contribution in [0, 0.1) is 11.8 Å². The lowest BCUT2D eigenvalue weighted by molar-refractivity contribution is -0.125. The quantitative estimate of drug-likeness (QED) is 0.406. The van der Waals surface area contributed by atoms with E-state index in [2.05, 4.69) is 25.9 Å². The molecule has 4 rings (SSSR count). The van der Waals surface area contributed by atoms with Crippen LogP contribution in [0.3, 0.4) is 0 Å². The number of carbonyl (C=O) groups is 3. The fraction of sp³-hybridized carbons (Fsp3) is 0.524. The summed E-state index contributed by atoms with van der Waals surface area (Å²) in [7, 11) is 0. The van der Waals surface area contributed by atoms with Crippen molar-refractivity contribution in [1.29, 1.82) is 0 Å². The van der Waals surface area contributed by atoms with E-state index in [-0.39, 0.29) is 36.1 Å². The Morgan fingerprint density at radius 1 is 1.17 bits per heavy atom. The van der Waals surface area contributed by atoms with E-state index in [1.165, 1.54) is 0 Å². The number of para-hydroxylation sites is 2. The molecule has 2 fully saturated rings. The van der Waals surface area contributed by atoms with Crippen molar-refractivity contribution in [2.75, 3.05) is 13.1 Å². The predicted octanol–water partition coefficient (Wildman–Crippen LogP) is 0.431. The van der Waals surface area contributed by atoms with Crippen LogP contribution in [-0.2, 0) is 9.59 Å². The number of H-pyrrole nitrogens is 1. The first-order valence-corrected chi connectivity index (χ1v) is 10.6. The second-order valence-corrected chi connectivity index (χ2v) is 8.26. The number of aromatic nitrogens is 2. The molecule has 1 saturated heterocycles. The van der Waals surface area contributed by atoms with Crippen molar-refractivity contribution in [2.45, 2.75) is 44.2 Å². The van der Waals surface area contributed by atoms with E-state index < -0.39 is 11.9 Å². The third kappa shape index (κ3) is 4.79. The SMILES string of the molecule is NC[C@H](C[C@@H]1CCNC1=O)NC(=O)[C@H](CC1CC1)NC(=O)c1nc2ccccc2[nH]1. The van der Waals surface area contributed by atoms with Crippen LogP contribution in [0.25, 0.3) is 11.0 Å². The van der Waals surface area contributed by atoms with Crippen LogP contribution < -0.4 is 21.7 Å². The van der Waals surface area contributed by atoms with Crippen molar-refractivity contribution >= 4 is 28.8 Å². The van der Waals surface area contributed by atoms with Crippen LogP contribution in [0.2, 0.25) is 0 Å². The summed E-state index contributed by atoms with van der Waals surface area (Å²) >= 11 is 0. The van der Waals surface area contributed by atoms with Gasteiger partial charge in [0.15, 0.2) is 5.82 Å². The van der Waals surface area contributed by atoms with Crippen molar-refractivity contribution in [3.05, 3.63) is 30.1 Å². The van der Waals surface area contributed by atoms with Gasteiger partial charge in [0.05, 0.1) is 11.0 Å². The maximum atomic E-state index is 13.0. The standard InChI is InChI=1S/C21H28N6O3/c22-11-14(10-13-7-8-23-19(13)28)24-20(29)17(9-12-5-6-12)27-21(30)18-25-15-3-1-2-4-16(15)26-18/h1-4,12-14,17H,5-11,22H2,(H,23,28)(H,24,29)(H,25,26)(H,27,30)/t13-,14-,17-/m0/s1. The minimum atomic E-state index is -0.662. The lowest BCUT2D eigenvalue weighted by Gasteiger charge is -2.23. The molecule has 160 valence electrons. The summed E-state index contributed by atoms with van der Waals surface area (Å²) in [6, 6.07) is 6.41. The summed E-state index contributed by atoms with van der Waals surface area (Å²) in [5.41, 5.74) is 7.31. The Morgan fingerprint density at radius 2 is 1.97 bits per heavy atom. The molecule has 1 aliphatic heterocycles. The minimum Gasteiger partial charge on any atom is -0.356 e. The molecule has 9 nitrogen and oxygen atoms in total. The number of fused-ring (bicyclic) bond motifs is 1. The van der Waals surface area contributed by atoms with Crippen LogP contribution in [-0.4, -0.2) is 52.9 Å². The maximum absolute atomic E-state index is 13.0. The summed E-state index contributed by atoms with van der Waals surface area (Å²) in [6.45, 7) is 0.899. The molecule has 3 atom stereocenters. The highest BCUT2D eigenvalue weighted by atomic mass is 16.2. The average molecular weight is 412 g/mol. The lowest BCUT2D eigenvalue weighted by Crippen LogP contribution is -2.52. The summed E-state index contributed by atoms with van der Waals surface area (Å²) in [5.74, 6) is -0.176. The largest absolute Gasteiger partial charge is 0.356 e. The molecular formula is C21H28N6O3. The van der Waals surface area contributed by atoms with Gasteiger partial charge in [-0.25, -0.2) is 4.98 Å². The Balaban J connectivity index is 1.41. The molecule has 2 heterocycles. The van der Waals surface area contributed by atoms with Gasteiger partial charge in [-0.2, -0.15) is 0 Å². The van der Waals surface area contributed by atoms with Crippen LogP contribution in [0.4, 0.5) is 0 Å². The first-order chi connectivity index (χ1) is 14.5. The van der Waals surface area contributed by atoms with E-state index in [0.717, 1.165) is 24.8 Å². The van der Waals surface area contributed by atoms with E-state index >= 15 is 0 Å². The molecule has 0 spiro atoms. The van der Waals surface area contributed by atoms with Gasteiger partial charge < -0.3 is 26.7 Å². The second kappa shape index (κ2) is 8.83. The Morgan fingerprint density at radius 3 is 2.63 bits per heavy atom. The number of imidazole rings is 1. The van der Waals surface area contributed by atoms with Crippen LogP contribution in [0.15, 0.2) is 24.3 Å². The third-order valence-electron chi connectivity index (χ3n) is 5.85. The van der Waals surface area contributed by atoms with E-state index in [1.54, 1.807) is 0 Å². The van der Waals surface area contributed by atoms with E-state index in [1.807, 2.05) is 24.3 Å². The highest BCUT2D eigenvalue weighted by molar-refractivity contribution is 5.97. The minimum absolute atomic E-state index is 0.00965. The van der Waals surface area contributed by atoms with Crippen molar-refractivity contribution in [2.24, 2.45) is 17.6 Å². The van der Waals surface area contributed by atoms with E-state index in [4.69, 9.17) is 5.73 Å². The fourth-order valence-electron chi connectivity index (χ4n) is 3.93. The monoisotopic (exact) mass is 412 g/mol. The molecule has 1 aromatic carbocycles. The van der Waals surface area contributed by atoms with Gasteiger partial charge in [-0.3, -0.25) is 14.4 Å². The summed E-state index contributed by atoms with van der Waals surface area (Å²) in [6.07, 6.45) is 3.96. The molecule has 0 bridgehead atoms. The second-order valence-electron chi connectivity index (χ2n) is 8.26. The molecule has 2 aliphatic rings. The number of nitrogens with one attached hydrogen (secondary N) is 4. The zero-order valence-corrected chi connectivity index (χ0v) is 16.8. The molecule has 3 amide bonds. The van der Waals surface area contributed by atoms with Gasteiger partial charge in [-0.1, -0.05) is 25.0 Å². The third-order valence-corrected chi connectivity index (χ3v) is 5.85. The maximum Gasteiger partial charge on any atom is 0.287 e. The molecule has 0 unspecified atom stereocenters. The van der Waals surface area contributed by atoms with E-state index in [0.29, 0.717) is 30.8 Å². The Hall–Kier alpha value is -2.94. The van der Waals surface area contributed by atoms with Crippen LogP contribution in [0.5, 0.6) is 0 Å². The van der Waals surface area contributed by atoms with Crippen molar-refractivity contribution < 1.29 is 14.4 Å². The summed E-state index contributed by atoms with van der Waals surface area (Å²) in [5, 5.41) is 8.58. The molecule has 0 radical (unpaired) electrons. The smallest absolute Gasteiger partial charge is 0.287 e. The molecule has 1 saturated carbocycles. The van der Waals surface area contributed by atoms with Gasteiger partial charge in [0.1, 0.15) is 6.04 Å². The average Bonchev–Trinajstić information content (AvgIpc) is 3.30. The molecule has 1 aromatic heterocycles. The lowest BCUT2D eigenvalue weighted by atomic mass is 9.98. The zero-order valence-electron chi connectivity index (χ0n) is 16.8. The van der Waals surface area contributed by atoms with Crippen molar-refractivity contribution in [3.8, 4) is 0 Å². The molecule has 30 heavy (non-hydrogen) atoms. The Labute approximate surface area is 174 Å². The molecular weight excluding hydrogens is 384 g/mol.